The summed E-state index contributed by atoms with van der Waals surface area (Å²) in [6.07, 6.45) is 1.81. The number of hydrogen-bond donors (Lipinski definition) is 3. The molecule has 0 saturated carbocycles. The van der Waals surface area contributed by atoms with Crippen molar-refractivity contribution in [2.45, 2.75) is 83.7 Å². The summed E-state index contributed by atoms with van der Waals surface area (Å²) >= 11 is 0. The standard InChI is InChI=1S/C39H41F4N7O3/c1-4-24-27(41)8-7-21-13-23(51)14-25(30(21)24)31-28(42)15-26-34(32-29-17-44-10-6-12-50(29)48-36(32)37(52)45-20(2)3)46-38(47-35(26)33(31)43)53-19-39-9-5-11-49(39)18-22(40)16-39/h7-8,13-15,20,22,44,51H,4-6,9-12,16-19H2,1-3H3,(H,45,52)/t22-,39+/m1/s1. The van der Waals surface area contributed by atoms with Crippen LogP contribution < -0.4 is 15.4 Å². The summed E-state index contributed by atoms with van der Waals surface area (Å²) in [5.41, 5.74) is -0.238. The topological polar surface area (TPSA) is 117 Å². The molecular formula is C39H41F4N7O3. The normalized spacial score (nSPS) is 20.3. The number of benzene rings is 3. The molecule has 0 unspecified atom stereocenters. The van der Waals surface area contributed by atoms with E-state index in [1.54, 1.807) is 11.6 Å². The molecule has 8 rings (SSSR count). The van der Waals surface area contributed by atoms with E-state index < -0.39 is 40.6 Å². The maximum Gasteiger partial charge on any atom is 0.317 e. The second kappa shape index (κ2) is 13.5. The highest BCUT2D eigenvalue weighted by Crippen LogP contribution is 2.44. The highest BCUT2D eigenvalue weighted by atomic mass is 19.1. The number of hydrogen-bond acceptors (Lipinski definition) is 8. The number of aromatic nitrogens is 4. The lowest BCUT2D eigenvalue weighted by Crippen LogP contribution is -2.43. The van der Waals surface area contributed by atoms with Gasteiger partial charge in [-0.25, -0.2) is 17.6 Å². The number of ether oxygens (including phenoxy) is 1. The predicted molar refractivity (Wildman–Crippen MR) is 192 cm³/mol. The van der Waals surface area contributed by atoms with Crippen LogP contribution in [0.25, 0.3) is 44.1 Å². The van der Waals surface area contributed by atoms with Crippen LogP contribution in [0.3, 0.4) is 0 Å². The third-order valence-electron chi connectivity index (χ3n) is 10.8. The van der Waals surface area contributed by atoms with Gasteiger partial charge in [0.2, 0.25) is 0 Å². The van der Waals surface area contributed by atoms with E-state index in [-0.39, 0.29) is 81.6 Å². The lowest BCUT2D eigenvalue weighted by Gasteiger charge is -2.30. The van der Waals surface area contributed by atoms with E-state index >= 15 is 13.2 Å². The van der Waals surface area contributed by atoms with E-state index in [4.69, 9.17) is 9.72 Å². The first kappa shape index (κ1) is 35.2. The molecule has 3 N–H and O–H groups in total. The molecule has 5 aromatic rings. The zero-order valence-corrected chi connectivity index (χ0v) is 29.8. The smallest absolute Gasteiger partial charge is 0.317 e. The monoisotopic (exact) mass is 731 g/mol. The number of aromatic hydroxyl groups is 1. The van der Waals surface area contributed by atoms with Crippen molar-refractivity contribution in [2.24, 2.45) is 0 Å². The van der Waals surface area contributed by atoms with Gasteiger partial charge in [-0.1, -0.05) is 13.0 Å². The summed E-state index contributed by atoms with van der Waals surface area (Å²) in [6.45, 7) is 7.92. The van der Waals surface area contributed by atoms with Crippen LogP contribution in [0.4, 0.5) is 17.6 Å². The van der Waals surface area contributed by atoms with Crippen LogP contribution >= 0.6 is 0 Å². The van der Waals surface area contributed by atoms with E-state index in [2.05, 4.69) is 25.6 Å². The SMILES string of the molecule is CCc1c(F)ccc2cc(O)cc(-c3c(F)cc4c(-c5c(C(=O)NC(C)C)nn6c5CNCCC6)nc(OC[C@@]56CCCN5C[C@H](F)C6)nc4c3F)c12. The molecule has 3 aromatic carbocycles. The summed E-state index contributed by atoms with van der Waals surface area (Å²) < 4.78 is 71.8. The number of amides is 1. The number of alkyl halides is 1. The van der Waals surface area contributed by atoms with Gasteiger partial charge in [0.1, 0.15) is 35.7 Å². The minimum atomic E-state index is -1.08. The number of phenols is 1. The van der Waals surface area contributed by atoms with E-state index in [9.17, 15) is 14.3 Å². The highest BCUT2D eigenvalue weighted by molar-refractivity contribution is 6.06. The molecule has 0 radical (unpaired) electrons. The Bertz CT molecular complexity index is 2280. The molecule has 2 fully saturated rings. The first-order chi connectivity index (χ1) is 25.5. The summed E-state index contributed by atoms with van der Waals surface area (Å²) in [5, 5.41) is 22.2. The summed E-state index contributed by atoms with van der Waals surface area (Å²) in [6, 6.07) is 5.99. The molecule has 2 atom stereocenters. The van der Waals surface area contributed by atoms with Gasteiger partial charge in [-0.3, -0.25) is 14.4 Å². The van der Waals surface area contributed by atoms with Gasteiger partial charge in [0.05, 0.1) is 28.1 Å². The zero-order chi connectivity index (χ0) is 37.2. The Morgan fingerprint density at radius 2 is 1.94 bits per heavy atom. The van der Waals surface area contributed by atoms with Gasteiger partial charge >= 0.3 is 6.01 Å². The van der Waals surface area contributed by atoms with Crippen LogP contribution in [0.5, 0.6) is 11.8 Å². The molecule has 1 amide bonds. The van der Waals surface area contributed by atoms with E-state index in [1.165, 1.54) is 24.3 Å². The van der Waals surface area contributed by atoms with E-state index in [1.807, 2.05) is 13.8 Å². The van der Waals surface area contributed by atoms with Crippen LogP contribution in [0.2, 0.25) is 0 Å². The van der Waals surface area contributed by atoms with Gasteiger partial charge in [0, 0.05) is 37.5 Å². The van der Waals surface area contributed by atoms with Crippen molar-refractivity contribution in [3.05, 3.63) is 64.7 Å². The van der Waals surface area contributed by atoms with E-state index in [0.29, 0.717) is 43.7 Å². The number of nitrogens with zero attached hydrogens (tertiary/aromatic N) is 5. The molecule has 53 heavy (non-hydrogen) atoms. The van der Waals surface area contributed by atoms with Crippen molar-refractivity contribution in [2.75, 3.05) is 26.2 Å². The van der Waals surface area contributed by atoms with Crippen molar-refractivity contribution in [3.63, 3.8) is 0 Å². The van der Waals surface area contributed by atoms with Gasteiger partial charge in [-0.2, -0.15) is 15.1 Å². The van der Waals surface area contributed by atoms with Crippen molar-refractivity contribution >= 4 is 27.6 Å². The number of rotatable bonds is 8. The van der Waals surface area contributed by atoms with E-state index in [0.717, 1.165) is 25.5 Å². The predicted octanol–water partition coefficient (Wildman–Crippen LogP) is 6.59. The van der Waals surface area contributed by atoms with Crippen LogP contribution in [0.1, 0.15) is 68.2 Å². The molecule has 14 heteroatoms. The fourth-order valence-corrected chi connectivity index (χ4v) is 8.53. The molecule has 5 heterocycles. The summed E-state index contributed by atoms with van der Waals surface area (Å²) in [4.78, 5) is 25.1. The third kappa shape index (κ3) is 6.05. The molecule has 0 bridgehead atoms. The van der Waals surface area contributed by atoms with Crippen molar-refractivity contribution in [1.82, 2.24) is 35.3 Å². The third-order valence-corrected chi connectivity index (χ3v) is 10.8. The second-order valence-electron chi connectivity index (χ2n) is 14.7. The lowest BCUT2D eigenvalue weighted by atomic mass is 9.91. The number of halogens is 4. The number of carbonyl (C=O) groups is 1. The Morgan fingerprint density at radius 3 is 2.74 bits per heavy atom. The fraction of sp³-hybridized carbons (Fsp3) is 0.436. The van der Waals surface area contributed by atoms with Crippen LogP contribution in [0.15, 0.2) is 30.3 Å². The zero-order valence-electron chi connectivity index (χ0n) is 29.8. The Kier molecular flexibility index (Phi) is 9.00. The second-order valence-corrected chi connectivity index (χ2v) is 14.7. The molecule has 2 saturated heterocycles. The first-order valence-corrected chi connectivity index (χ1v) is 18.3. The average Bonchev–Trinajstić information content (AvgIpc) is 3.70. The Labute approximate surface area is 303 Å². The number of fused-ring (bicyclic) bond motifs is 4. The number of carbonyl (C=O) groups excluding carboxylic acids is 1. The van der Waals surface area contributed by atoms with Gasteiger partial charge in [-0.15, -0.1) is 0 Å². The lowest BCUT2D eigenvalue weighted by molar-refractivity contribution is 0.0937. The molecular weight excluding hydrogens is 690 g/mol. The van der Waals surface area contributed by atoms with Gasteiger partial charge in [-0.05, 0) is 98.8 Å². The minimum absolute atomic E-state index is 0.0342. The van der Waals surface area contributed by atoms with Crippen molar-refractivity contribution < 1.29 is 32.2 Å². The molecule has 3 aliphatic heterocycles. The summed E-state index contributed by atoms with van der Waals surface area (Å²) in [5.74, 6) is -3.37. The largest absolute Gasteiger partial charge is 0.508 e. The minimum Gasteiger partial charge on any atom is -0.508 e. The average molecular weight is 732 g/mol. The van der Waals surface area contributed by atoms with Crippen LogP contribution in [0, 0.1) is 17.5 Å². The highest BCUT2D eigenvalue weighted by Gasteiger charge is 2.49. The first-order valence-electron chi connectivity index (χ1n) is 18.3. The van der Waals surface area contributed by atoms with Gasteiger partial charge in [0.25, 0.3) is 5.91 Å². The molecule has 10 nitrogen and oxygen atoms in total. The summed E-state index contributed by atoms with van der Waals surface area (Å²) in [7, 11) is 0. The Balaban J connectivity index is 1.39. The maximum atomic E-state index is 17.3. The Hall–Kier alpha value is -4.82. The number of aryl methyl sites for hydroxylation is 2. The van der Waals surface area contributed by atoms with Crippen molar-refractivity contribution in [1.29, 1.82) is 0 Å². The molecule has 278 valence electrons. The van der Waals surface area contributed by atoms with Gasteiger partial charge < -0.3 is 20.5 Å². The molecule has 0 spiro atoms. The van der Waals surface area contributed by atoms with Crippen LogP contribution in [-0.4, -0.2) is 79.7 Å². The number of phenolic OH excluding ortho intramolecular Hbond substituents is 1. The van der Waals surface area contributed by atoms with Gasteiger partial charge in [0.15, 0.2) is 11.5 Å². The molecule has 0 aliphatic carbocycles. The maximum absolute atomic E-state index is 17.3. The number of nitrogens with one attached hydrogen (secondary N) is 2. The Morgan fingerprint density at radius 1 is 1.11 bits per heavy atom. The molecule has 2 aromatic heterocycles. The van der Waals surface area contributed by atoms with Crippen molar-refractivity contribution in [3.8, 4) is 34.1 Å². The quantitative estimate of drug-likeness (QED) is 0.153. The van der Waals surface area contributed by atoms with Crippen LogP contribution in [-0.2, 0) is 19.5 Å². The fourth-order valence-electron chi connectivity index (χ4n) is 8.53. The molecule has 3 aliphatic rings.